The lowest BCUT2D eigenvalue weighted by molar-refractivity contribution is 0.112. The summed E-state index contributed by atoms with van der Waals surface area (Å²) in [5.74, 6) is 0. The molecule has 12 heavy (non-hydrogen) atoms. The molecule has 0 spiro atoms. The van der Waals surface area contributed by atoms with Crippen LogP contribution in [0.15, 0.2) is 24.3 Å². The van der Waals surface area contributed by atoms with Crippen molar-refractivity contribution >= 4 is 18.1 Å². The number of carbonyl (C=O) groups is 2. The van der Waals surface area contributed by atoms with E-state index in [0.29, 0.717) is 17.5 Å². The fraction of sp³-hybridized carbons (Fsp3) is 0. The highest BCUT2D eigenvalue weighted by Gasteiger charge is 2.01. The number of para-hydroxylation sites is 1. The predicted octanol–water partition coefficient (Wildman–Crippen LogP) is 1.59. The number of nitrogens with one attached hydrogen (secondary N) is 1. The van der Waals surface area contributed by atoms with Gasteiger partial charge in [-0.15, -0.1) is 0 Å². The molecule has 0 saturated heterocycles. The van der Waals surface area contributed by atoms with Crippen LogP contribution < -0.4 is 5.32 Å². The Balaban J connectivity index is 2.96. The van der Waals surface area contributed by atoms with Gasteiger partial charge in [0.2, 0.25) is 0 Å². The molecule has 0 heterocycles. The highest BCUT2D eigenvalue weighted by atomic mass is 16.4. The molecule has 0 fully saturated rings. The summed E-state index contributed by atoms with van der Waals surface area (Å²) in [6.45, 7) is 0. The van der Waals surface area contributed by atoms with E-state index in [-0.39, 0.29) is 0 Å². The summed E-state index contributed by atoms with van der Waals surface area (Å²) < 4.78 is 0. The molecule has 1 rings (SSSR count). The Bertz CT molecular complexity index is 309. The van der Waals surface area contributed by atoms with Crippen LogP contribution in [0.25, 0.3) is 0 Å². The molecule has 0 bridgehead atoms. The SMILES string of the molecule is O=Cc1ccccc1NC(=O)O. The molecule has 4 heteroatoms. The number of rotatable bonds is 2. The zero-order valence-electron chi connectivity index (χ0n) is 6.15. The van der Waals surface area contributed by atoms with Gasteiger partial charge in [-0.1, -0.05) is 12.1 Å². The summed E-state index contributed by atoms with van der Waals surface area (Å²) in [6.07, 6.45) is -0.574. The molecule has 1 aromatic rings. The largest absolute Gasteiger partial charge is 0.465 e. The molecule has 0 aliphatic carbocycles. The highest BCUT2D eigenvalue weighted by Crippen LogP contribution is 2.11. The van der Waals surface area contributed by atoms with E-state index >= 15 is 0 Å². The number of hydrogen-bond donors (Lipinski definition) is 2. The van der Waals surface area contributed by atoms with E-state index < -0.39 is 6.09 Å². The van der Waals surface area contributed by atoms with Crippen LogP contribution in [0.3, 0.4) is 0 Å². The molecular weight excluding hydrogens is 158 g/mol. The number of carboxylic acid groups (broad SMARTS) is 1. The number of aldehydes is 1. The lowest BCUT2D eigenvalue weighted by Crippen LogP contribution is -2.08. The maximum absolute atomic E-state index is 10.4. The molecule has 0 unspecified atom stereocenters. The van der Waals surface area contributed by atoms with Crippen molar-refractivity contribution in [2.45, 2.75) is 0 Å². The fourth-order valence-electron chi connectivity index (χ4n) is 0.829. The van der Waals surface area contributed by atoms with Crippen LogP contribution in [0.4, 0.5) is 10.5 Å². The summed E-state index contributed by atoms with van der Waals surface area (Å²) in [5, 5.41) is 10.5. The summed E-state index contributed by atoms with van der Waals surface area (Å²) >= 11 is 0. The monoisotopic (exact) mass is 165 g/mol. The minimum atomic E-state index is -1.18. The van der Waals surface area contributed by atoms with Crippen LogP contribution in [0.1, 0.15) is 10.4 Å². The van der Waals surface area contributed by atoms with Crippen molar-refractivity contribution < 1.29 is 14.7 Å². The Morgan fingerprint density at radius 3 is 2.67 bits per heavy atom. The molecule has 0 saturated carbocycles. The molecule has 1 amide bonds. The minimum Gasteiger partial charge on any atom is -0.465 e. The van der Waals surface area contributed by atoms with Crippen LogP contribution in [-0.4, -0.2) is 17.5 Å². The quantitative estimate of drug-likeness (QED) is 0.654. The second-order valence-electron chi connectivity index (χ2n) is 2.14. The third-order valence-electron chi connectivity index (χ3n) is 1.33. The molecule has 1 aromatic carbocycles. The van der Waals surface area contributed by atoms with Crippen LogP contribution in [-0.2, 0) is 0 Å². The first-order valence-electron chi connectivity index (χ1n) is 3.28. The molecule has 4 nitrogen and oxygen atoms in total. The van der Waals surface area contributed by atoms with E-state index in [9.17, 15) is 9.59 Å². The van der Waals surface area contributed by atoms with Crippen LogP contribution in [0, 0.1) is 0 Å². The van der Waals surface area contributed by atoms with Gasteiger partial charge >= 0.3 is 6.09 Å². The molecule has 0 atom stereocenters. The second kappa shape index (κ2) is 3.52. The second-order valence-corrected chi connectivity index (χ2v) is 2.14. The molecule has 0 radical (unpaired) electrons. The van der Waals surface area contributed by atoms with E-state index in [1.165, 1.54) is 12.1 Å². The lowest BCUT2D eigenvalue weighted by Gasteiger charge is -2.01. The van der Waals surface area contributed by atoms with Crippen molar-refractivity contribution in [3.8, 4) is 0 Å². The van der Waals surface area contributed by atoms with Crippen molar-refractivity contribution in [2.24, 2.45) is 0 Å². The first kappa shape index (κ1) is 8.26. The van der Waals surface area contributed by atoms with Gasteiger partial charge in [-0.25, -0.2) is 4.79 Å². The topological polar surface area (TPSA) is 66.4 Å². The van der Waals surface area contributed by atoms with Gasteiger partial charge in [0, 0.05) is 5.56 Å². The number of anilines is 1. The average Bonchev–Trinajstić information content (AvgIpc) is 2.04. The number of hydrogen-bond acceptors (Lipinski definition) is 2. The fourth-order valence-corrected chi connectivity index (χ4v) is 0.829. The molecule has 0 aliphatic rings. The van der Waals surface area contributed by atoms with Gasteiger partial charge < -0.3 is 5.11 Å². The average molecular weight is 165 g/mol. The summed E-state index contributed by atoms with van der Waals surface area (Å²) in [6, 6.07) is 6.38. The Morgan fingerprint density at radius 1 is 1.42 bits per heavy atom. The molecule has 0 aliphatic heterocycles. The predicted molar refractivity (Wildman–Crippen MR) is 43.5 cm³/mol. The Kier molecular flexibility index (Phi) is 2.42. The molecule has 2 N–H and O–H groups in total. The van der Waals surface area contributed by atoms with E-state index in [0.717, 1.165) is 0 Å². The Labute approximate surface area is 68.8 Å². The van der Waals surface area contributed by atoms with Crippen molar-refractivity contribution in [3.05, 3.63) is 29.8 Å². The molecule has 0 aromatic heterocycles. The van der Waals surface area contributed by atoms with Crippen LogP contribution in [0.5, 0.6) is 0 Å². The van der Waals surface area contributed by atoms with Crippen molar-refractivity contribution in [2.75, 3.05) is 5.32 Å². The maximum atomic E-state index is 10.4. The third kappa shape index (κ3) is 1.82. The van der Waals surface area contributed by atoms with Crippen LogP contribution in [0.2, 0.25) is 0 Å². The van der Waals surface area contributed by atoms with Crippen molar-refractivity contribution in [1.29, 1.82) is 0 Å². The van der Waals surface area contributed by atoms with Gasteiger partial charge in [-0.2, -0.15) is 0 Å². The smallest absolute Gasteiger partial charge is 0.409 e. The lowest BCUT2D eigenvalue weighted by atomic mass is 10.2. The van der Waals surface area contributed by atoms with Gasteiger partial charge in [0.15, 0.2) is 6.29 Å². The number of benzene rings is 1. The van der Waals surface area contributed by atoms with E-state index in [1.807, 2.05) is 0 Å². The zero-order chi connectivity index (χ0) is 8.97. The van der Waals surface area contributed by atoms with Gasteiger partial charge in [0.25, 0.3) is 0 Å². The normalized spacial score (nSPS) is 9.00. The highest BCUT2D eigenvalue weighted by molar-refractivity contribution is 5.92. The zero-order valence-corrected chi connectivity index (χ0v) is 6.15. The summed E-state index contributed by atoms with van der Waals surface area (Å²) in [4.78, 5) is 20.6. The summed E-state index contributed by atoms with van der Waals surface area (Å²) in [7, 11) is 0. The molecule has 62 valence electrons. The van der Waals surface area contributed by atoms with E-state index in [4.69, 9.17) is 5.11 Å². The third-order valence-corrected chi connectivity index (χ3v) is 1.33. The first-order chi connectivity index (χ1) is 5.74. The number of amides is 1. The van der Waals surface area contributed by atoms with E-state index in [2.05, 4.69) is 5.32 Å². The Hall–Kier alpha value is -1.84. The van der Waals surface area contributed by atoms with Gasteiger partial charge in [0.05, 0.1) is 5.69 Å². The minimum absolute atomic E-state index is 0.306. The van der Waals surface area contributed by atoms with Crippen LogP contribution >= 0.6 is 0 Å². The van der Waals surface area contributed by atoms with Crippen molar-refractivity contribution in [3.63, 3.8) is 0 Å². The maximum Gasteiger partial charge on any atom is 0.409 e. The Morgan fingerprint density at radius 2 is 2.08 bits per heavy atom. The van der Waals surface area contributed by atoms with Gasteiger partial charge in [-0.05, 0) is 12.1 Å². The standard InChI is InChI=1S/C8H7NO3/c10-5-6-3-1-2-4-7(6)9-8(11)12/h1-5,9H,(H,11,12). The van der Waals surface area contributed by atoms with Crippen molar-refractivity contribution in [1.82, 2.24) is 0 Å². The van der Waals surface area contributed by atoms with E-state index in [1.54, 1.807) is 12.1 Å². The molecular formula is C8H7NO3. The number of carbonyl (C=O) groups excluding carboxylic acids is 1. The van der Waals surface area contributed by atoms with Gasteiger partial charge in [0.1, 0.15) is 0 Å². The first-order valence-corrected chi connectivity index (χ1v) is 3.28. The summed E-state index contributed by atoms with van der Waals surface area (Å²) in [5.41, 5.74) is 0.639. The van der Waals surface area contributed by atoms with Gasteiger partial charge in [-0.3, -0.25) is 10.1 Å².